The monoisotopic (exact) mass is 302 g/mol. The number of likely N-dealkylation sites (tertiary alicyclic amines) is 1. The van der Waals surface area contributed by atoms with Gasteiger partial charge in [-0.1, -0.05) is 6.92 Å². The lowest BCUT2D eigenvalue weighted by atomic mass is 9.91. The van der Waals surface area contributed by atoms with Crippen LogP contribution in [0.3, 0.4) is 0 Å². The smallest absolute Gasteiger partial charge is 0.150 e. The predicted molar refractivity (Wildman–Crippen MR) is 83.7 cm³/mol. The molecule has 2 aliphatic heterocycles. The Morgan fingerprint density at radius 3 is 2.80 bits per heavy atom. The van der Waals surface area contributed by atoms with E-state index in [1.165, 1.54) is 38.9 Å². The van der Waals surface area contributed by atoms with Gasteiger partial charge in [-0.2, -0.15) is 0 Å². The van der Waals surface area contributed by atoms with Crippen LogP contribution in [0, 0.1) is 11.8 Å². The fourth-order valence-electron chi connectivity index (χ4n) is 3.57. The van der Waals surface area contributed by atoms with Gasteiger partial charge in [-0.25, -0.2) is 8.42 Å². The Labute approximate surface area is 124 Å². The maximum Gasteiger partial charge on any atom is 0.150 e. The molecular formula is C15H30N2O2S. The number of rotatable bonds is 6. The fraction of sp³-hybridized carbons (Fsp3) is 1.00. The van der Waals surface area contributed by atoms with Crippen LogP contribution >= 0.6 is 0 Å². The zero-order valence-electron chi connectivity index (χ0n) is 13.0. The van der Waals surface area contributed by atoms with Gasteiger partial charge < -0.3 is 10.2 Å². The van der Waals surface area contributed by atoms with Crippen molar-refractivity contribution in [1.29, 1.82) is 0 Å². The first kappa shape index (κ1) is 16.2. The van der Waals surface area contributed by atoms with Crippen LogP contribution in [0.25, 0.3) is 0 Å². The molecule has 3 unspecified atom stereocenters. The first-order valence-electron chi connectivity index (χ1n) is 8.16. The summed E-state index contributed by atoms with van der Waals surface area (Å²) < 4.78 is 22.9. The predicted octanol–water partition coefficient (Wildman–Crippen LogP) is 1.52. The van der Waals surface area contributed by atoms with Crippen LogP contribution < -0.4 is 5.32 Å². The molecule has 2 rings (SSSR count). The summed E-state index contributed by atoms with van der Waals surface area (Å²) in [4.78, 5) is 2.58. The molecule has 3 atom stereocenters. The van der Waals surface area contributed by atoms with E-state index in [1.54, 1.807) is 0 Å². The second-order valence-corrected chi connectivity index (χ2v) is 8.90. The molecule has 0 aromatic carbocycles. The van der Waals surface area contributed by atoms with E-state index in [4.69, 9.17) is 0 Å². The Morgan fingerprint density at radius 2 is 2.15 bits per heavy atom. The first-order valence-corrected chi connectivity index (χ1v) is 9.98. The Morgan fingerprint density at radius 1 is 1.35 bits per heavy atom. The molecule has 0 aromatic rings. The number of hydrogen-bond acceptors (Lipinski definition) is 4. The molecule has 2 fully saturated rings. The van der Waals surface area contributed by atoms with Crippen LogP contribution in [-0.2, 0) is 9.84 Å². The molecule has 0 aromatic heterocycles. The molecule has 5 heteroatoms. The lowest BCUT2D eigenvalue weighted by Crippen LogP contribution is -2.45. The van der Waals surface area contributed by atoms with Crippen LogP contribution in [0.1, 0.15) is 39.5 Å². The summed E-state index contributed by atoms with van der Waals surface area (Å²) in [5.41, 5.74) is 0. The number of nitrogens with one attached hydrogen (secondary N) is 1. The molecule has 1 N–H and O–H groups in total. The second kappa shape index (κ2) is 7.23. The average Bonchev–Trinajstić information content (AvgIpc) is 2.76. The summed E-state index contributed by atoms with van der Waals surface area (Å²) in [5, 5.41) is 3.60. The molecule has 20 heavy (non-hydrogen) atoms. The summed E-state index contributed by atoms with van der Waals surface area (Å²) in [6.07, 6.45) is 4.68. The summed E-state index contributed by atoms with van der Waals surface area (Å²) in [5.74, 6) is 1.83. The van der Waals surface area contributed by atoms with E-state index in [0.29, 0.717) is 29.4 Å². The Kier molecular flexibility index (Phi) is 5.87. The summed E-state index contributed by atoms with van der Waals surface area (Å²) in [7, 11) is -2.73. The molecule has 2 aliphatic rings. The van der Waals surface area contributed by atoms with Crippen LogP contribution in [0.15, 0.2) is 0 Å². The minimum Gasteiger partial charge on any atom is -0.314 e. The minimum absolute atomic E-state index is 0.331. The largest absolute Gasteiger partial charge is 0.314 e. The number of nitrogens with zero attached hydrogens (tertiary/aromatic N) is 1. The lowest BCUT2D eigenvalue weighted by Gasteiger charge is -2.36. The van der Waals surface area contributed by atoms with Crippen molar-refractivity contribution >= 4 is 9.84 Å². The highest BCUT2D eigenvalue weighted by atomic mass is 32.2. The van der Waals surface area contributed by atoms with Gasteiger partial charge in [-0.15, -0.1) is 0 Å². The molecule has 4 nitrogen and oxygen atoms in total. The van der Waals surface area contributed by atoms with Crippen molar-refractivity contribution in [3.05, 3.63) is 0 Å². The van der Waals surface area contributed by atoms with Gasteiger partial charge in [0.2, 0.25) is 0 Å². The van der Waals surface area contributed by atoms with E-state index in [0.717, 1.165) is 13.0 Å². The molecule has 2 heterocycles. The molecule has 0 amide bonds. The third-order valence-corrected chi connectivity index (χ3v) is 6.68. The topological polar surface area (TPSA) is 49.4 Å². The van der Waals surface area contributed by atoms with Crippen molar-refractivity contribution < 1.29 is 8.42 Å². The standard InChI is InChI=1S/C15H30N2O2S/c1-3-7-17-8-4-5-15(11-17)13(2)16-10-14-6-9-20(18,19)12-14/h13-16H,3-12H2,1-2H3. The fourth-order valence-corrected chi connectivity index (χ4v) is 5.43. The summed E-state index contributed by atoms with van der Waals surface area (Å²) in [6.45, 7) is 9.03. The highest BCUT2D eigenvalue weighted by Crippen LogP contribution is 2.21. The van der Waals surface area contributed by atoms with Crippen molar-refractivity contribution in [1.82, 2.24) is 10.2 Å². The highest BCUT2D eigenvalue weighted by Gasteiger charge is 2.29. The molecule has 118 valence electrons. The van der Waals surface area contributed by atoms with Gasteiger partial charge in [0.05, 0.1) is 11.5 Å². The normalized spacial score (nSPS) is 32.3. The first-order chi connectivity index (χ1) is 9.50. The number of piperidine rings is 1. The van der Waals surface area contributed by atoms with Gasteiger partial charge >= 0.3 is 0 Å². The van der Waals surface area contributed by atoms with Crippen LogP contribution in [0.4, 0.5) is 0 Å². The van der Waals surface area contributed by atoms with Crippen molar-refractivity contribution in [3.63, 3.8) is 0 Å². The van der Waals surface area contributed by atoms with Crippen LogP contribution in [0.2, 0.25) is 0 Å². The molecule has 0 saturated carbocycles. The summed E-state index contributed by atoms with van der Waals surface area (Å²) in [6, 6.07) is 0.498. The molecule has 0 bridgehead atoms. The molecule has 0 spiro atoms. The van der Waals surface area contributed by atoms with Crippen LogP contribution in [-0.4, -0.2) is 57.0 Å². The molecule has 0 radical (unpaired) electrons. The van der Waals surface area contributed by atoms with Crippen molar-refractivity contribution in [2.45, 2.75) is 45.6 Å². The van der Waals surface area contributed by atoms with E-state index in [-0.39, 0.29) is 0 Å². The van der Waals surface area contributed by atoms with E-state index in [2.05, 4.69) is 24.1 Å². The van der Waals surface area contributed by atoms with Gasteiger partial charge in [0.15, 0.2) is 9.84 Å². The SMILES string of the molecule is CCCN1CCCC(C(C)NCC2CCS(=O)(=O)C2)C1. The average molecular weight is 302 g/mol. The number of hydrogen-bond donors (Lipinski definition) is 1. The van der Waals surface area contributed by atoms with Crippen molar-refractivity contribution in [3.8, 4) is 0 Å². The molecule has 2 saturated heterocycles. The van der Waals surface area contributed by atoms with Crippen molar-refractivity contribution in [2.75, 3.05) is 37.7 Å². The molecular weight excluding hydrogens is 272 g/mol. The van der Waals surface area contributed by atoms with Crippen LogP contribution in [0.5, 0.6) is 0 Å². The second-order valence-electron chi connectivity index (χ2n) is 6.67. The zero-order chi connectivity index (χ0) is 14.6. The lowest BCUT2D eigenvalue weighted by molar-refractivity contribution is 0.150. The third kappa shape index (κ3) is 4.71. The van der Waals surface area contributed by atoms with Gasteiger partial charge in [-0.3, -0.25) is 0 Å². The molecule has 0 aliphatic carbocycles. The zero-order valence-corrected chi connectivity index (χ0v) is 13.8. The van der Waals surface area contributed by atoms with E-state index >= 15 is 0 Å². The van der Waals surface area contributed by atoms with E-state index in [1.807, 2.05) is 0 Å². The minimum atomic E-state index is -2.73. The van der Waals surface area contributed by atoms with E-state index in [9.17, 15) is 8.42 Å². The Hall–Kier alpha value is -0.130. The summed E-state index contributed by atoms with van der Waals surface area (Å²) >= 11 is 0. The third-order valence-electron chi connectivity index (χ3n) is 4.84. The van der Waals surface area contributed by atoms with E-state index < -0.39 is 9.84 Å². The Bertz CT molecular complexity index is 395. The Balaban J connectivity index is 1.73. The van der Waals surface area contributed by atoms with Crippen molar-refractivity contribution in [2.24, 2.45) is 11.8 Å². The van der Waals surface area contributed by atoms with Gasteiger partial charge in [0.1, 0.15) is 0 Å². The van der Waals surface area contributed by atoms with Gasteiger partial charge in [0, 0.05) is 12.6 Å². The maximum absolute atomic E-state index is 11.5. The maximum atomic E-state index is 11.5. The quantitative estimate of drug-likeness (QED) is 0.808. The van der Waals surface area contributed by atoms with Gasteiger partial charge in [0.25, 0.3) is 0 Å². The van der Waals surface area contributed by atoms with Gasteiger partial charge in [-0.05, 0) is 64.1 Å². The highest BCUT2D eigenvalue weighted by molar-refractivity contribution is 7.91. The number of sulfone groups is 1.